The second-order valence-electron chi connectivity index (χ2n) is 10.9. The molecule has 1 aliphatic heterocycles. The van der Waals surface area contributed by atoms with E-state index in [-0.39, 0.29) is 40.2 Å². The third-order valence-corrected chi connectivity index (χ3v) is 8.46. The number of aromatic carboxylic acids is 1. The molecular weight excluding hydrogens is 644 g/mol. The van der Waals surface area contributed by atoms with Crippen LogP contribution in [0, 0.1) is 0 Å². The number of rotatable bonds is 11. The minimum absolute atomic E-state index is 0.0572. The molecule has 0 unspecified atom stereocenters. The number of hydrogen-bond donors (Lipinski definition) is 1. The van der Waals surface area contributed by atoms with Crippen molar-refractivity contribution in [2.24, 2.45) is 4.99 Å². The molecule has 0 fully saturated rings. The van der Waals surface area contributed by atoms with E-state index in [0.29, 0.717) is 49.8 Å². The van der Waals surface area contributed by atoms with E-state index < -0.39 is 18.0 Å². The molecule has 47 heavy (non-hydrogen) atoms. The first-order valence-electron chi connectivity index (χ1n) is 14.8. The summed E-state index contributed by atoms with van der Waals surface area (Å²) in [4.78, 5) is 43.8. The summed E-state index contributed by atoms with van der Waals surface area (Å²) in [5.41, 5.74) is 2.46. The van der Waals surface area contributed by atoms with Crippen molar-refractivity contribution >= 4 is 41.0 Å². The van der Waals surface area contributed by atoms with E-state index >= 15 is 0 Å². The number of methoxy groups -OCH3 is 1. The van der Waals surface area contributed by atoms with Crippen LogP contribution in [0.2, 0.25) is 5.02 Å². The van der Waals surface area contributed by atoms with Gasteiger partial charge in [-0.15, -0.1) is 0 Å². The van der Waals surface area contributed by atoms with Gasteiger partial charge in [-0.3, -0.25) is 9.36 Å². The molecule has 0 saturated carbocycles. The predicted molar refractivity (Wildman–Crippen MR) is 178 cm³/mol. The quantitative estimate of drug-likeness (QED) is 0.206. The Balaban J connectivity index is 1.55. The highest BCUT2D eigenvalue weighted by Gasteiger charge is 2.34. The lowest BCUT2D eigenvalue weighted by atomic mass is 9.96. The molecule has 0 radical (unpaired) electrons. The van der Waals surface area contributed by atoms with E-state index in [4.69, 9.17) is 30.5 Å². The maximum Gasteiger partial charge on any atom is 0.338 e. The van der Waals surface area contributed by atoms with E-state index in [0.717, 1.165) is 0 Å². The molecule has 0 saturated heterocycles. The number of nitrogens with zero attached hydrogens (tertiary/aromatic N) is 2. The average molecular weight is 677 g/mol. The van der Waals surface area contributed by atoms with E-state index in [1.165, 1.54) is 35.1 Å². The number of fused-ring (bicyclic) bond motifs is 1. The summed E-state index contributed by atoms with van der Waals surface area (Å²) in [5, 5.41) is 9.52. The number of hydrogen-bond acceptors (Lipinski definition) is 9. The van der Waals surface area contributed by atoms with Crippen LogP contribution in [0.4, 0.5) is 0 Å². The fourth-order valence-corrected chi connectivity index (χ4v) is 6.47. The highest BCUT2D eigenvalue weighted by molar-refractivity contribution is 7.07. The molecule has 1 aromatic heterocycles. The highest BCUT2D eigenvalue weighted by Crippen LogP contribution is 2.37. The molecule has 10 nitrogen and oxygen atoms in total. The van der Waals surface area contributed by atoms with Gasteiger partial charge in [0, 0.05) is 0 Å². The number of carboxylic acid groups (broad SMARTS) is 1. The number of carboxylic acids is 1. The maximum absolute atomic E-state index is 14.1. The molecular formula is C35H33ClN2O8S. The number of esters is 1. The summed E-state index contributed by atoms with van der Waals surface area (Å²) >= 11 is 7.82. The molecule has 0 bridgehead atoms. The average Bonchev–Trinajstić information content (AvgIpc) is 3.33. The maximum atomic E-state index is 14.1. The molecule has 1 aliphatic rings. The van der Waals surface area contributed by atoms with Crippen molar-refractivity contribution < 1.29 is 33.6 Å². The second kappa shape index (κ2) is 14.3. The summed E-state index contributed by atoms with van der Waals surface area (Å²) in [5.74, 6) is -0.315. The van der Waals surface area contributed by atoms with E-state index in [2.05, 4.69) is 4.99 Å². The van der Waals surface area contributed by atoms with Crippen molar-refractivity contribution in [3.63, 3.8) is 0 Å². The number of aromatic nitrogens is 1. The molecule has 3 aromatic carbocycles. The number of thiazole rings is 1. The molecule has 2 heterocycles. The zero-order valence-electron chi connectivity index (χ0n) is 26.4. The van der Waals surface area contributed by atoms with Crippen molar-refractivity contribution in [3.8, 4) is 17.2 Å². The standard InChI is InChI=1S/C35H33ClN2O8S/c1-6-44-25-12-10-23(11-13-25)30-29(34(42)46-19(2)3)20(4)37-35-38(30)32(39)28(47-35)17-22-15-26(36)31(27(16-22)43-5)45-18-21-8-7-9-24(14-21)33(40)41/h7-17,19,30H,6,18H2,1-5H3,(H,40,41)/b28-17+/t30-/m0/s1. The largest absolute Gasteiger partial charge is 0.494 e. The number of carbonyl (C=O) groups excluding carboxylic acids is 1. The van der Waals surface area contributed by atoms with Gasteiger partial charge in [-0.25, -0.2) is 14.6 Å². The Morgan fingerprint density at radius 1 is 1.11 bits per heavy atom. The van der Waals surface area contributed by atoms with Crippen molar-refractivity contribution in [3.05, 3.63) is 119 Å². The van der Waals surface area contributed by atoms with Crippen LogP contribution in [0.25, 0.3) is 6.08 Å². The lowest BCUT2D eigenvalue weighted by Crippen LogP contribution is -2.40. The topological polar surface area (TPSA) is 126 Å². The van der Waals surface area contributed by atoms with Crippen molar-refractivity contribution in [1.29, 1.82) is 0 Å². The van der Waals surface area contributed by atoms with Crippen LogP contribution in [0.5, 0.6) is 17.2 Å². The lowest BCUT2D eigenvalue weighted by molar-refractivity contribution is -0.143. The molecule has 12 heteroatoms. The Bertz CT molecular complexity index is 2050. The molecule has 0 spiro atoms. The summed E-state index contributed by atoms with van der Waals surface area (Å²) in [7, 11) is 1.47. The molecule has 244 valence electrons. The zero-order valence-corrected chi connectivity index (χ0v) is 28.0. The van der Waals surface area contributed by atoms with Crippen LogP contribution < -0.4 is 29.1 Å². The van der Waals surface area contributed by atoms with Crippen LogP contribution in [-0.4, -0.2) is 41.4 Å². The minimum atomic E-state index is -1.04. The van der Waals surface area contributed by atoms with Crippen LogP contribution in [0.3, 0.4) is 0 Å². The van der Waals surface area contributed by atoms with E-state index in [1.54, 1.807) is 63.2 Å². The van der Waals surface area contributed by atoms with Gasteiger partial charge in [0.2, 0.25) is 0 Å². The Morgan fingerprint density at radius 2 is 1.85 bits per heavy atom. The van der Waals surface area contributed by atoms with Gasteiger partial charge in [0.25, 0.3) is 5.56 Å². The number of carbonyl (C=O) groups is 2. The first-order valence-corrected chi connectivity index (χ1v) is 16.0. The fourth-order valence-electron chi connectivity index (χ4n) is 5.15. The molecule has 1 atom stereocenters. The molecule has 4 aromatic rings. The fraction of sp³-hybridized carbons (Fsp3) is 0.257. The summed E-state index contributed by atoms with van der Waals surface area (Å²) in [6, 6.07) is 16.2. The van der Waals surface area contributed by atoms with Crippen LogP contribution >= 0.6 is 22.9 Å². The van der Waals surface area contributed by atoms with Gasteiger partial charge >= 0.3 is 11.9 Å². The van der Waals surface area contributed by atoms with Gasteiger partial charge in [0.15, 0.2) is 16.3 Å². The number of ether oxygens (including phenoxy) is 4. The van der Waals surface area contributed by atoms with Crippen molar-refractivity contribution in [2.45, 2.75) is 46.4 Å². The lowest BCUT2D eigenvalue weighted by Gasteiger charge is -2.25. The smallest absolute Gasteiger partial charge is 0.338 e. The molecule has 1 N–H and O–H groups in total. The second-order valence-corrected chi connectivity index (χ2v) is 12.3. The van der Waals surface area contributed by atoms with Gasteiger partial charge < -0.3 is 24.1 Å². The van der Waals surface area contributed by atoms with Crippen LogP contribution in [-0.2, 0) is 16.1 Å². The zero-order chi connectivity index (χ0) is 33.8. The third-order valence-electron chi connectivity index (χ3n) is 7.20. The summed E-state index contributed by atoms with van der Waals surface area (Å²) < 4.78 is 24.6. The molecule has 0 amide bonds. The monoisotopic (exact) mass is 676 g/mol. The third kappa shape index (κ3) is 7.26. The number of allylic oxidation sites excluding steroid dienone is 1. The van der Waals surface area contributed by atoms with Gasteiger partial charge in [0.1, 0.15) is 12.4 Å². The van der Waals surface area contributed by atoms with Crippen molar-refractivity contribution in [2.75, 3.05) is 13.7 Å². The first kappa shape index (κ1) is 33.5. The Hall–Kier alpha value is -4.87. The minimum Gasteiger partial charge on any atom is -0.494 e. The summed E-state index contributed by atoms with van der Waals surface area (Å²) in [6.45, 7) is 7.72. The van der Waals surface area contributed by atoms with Crippen molar-refractivity contribution in [1.82, 2.24) is 4.57 Å². The van der Waals surface area contributed by atoms with E-state index in [9.17, 15) is 19.5 Å². The van der Waals surface area contributed by atoms with Gasteiger partial charge in [-0.05, 0) is 86.9 Å². The summed E-state index contributed by atoms with van der Waals surface area (Å²) in [6.07, 6.45) is 1.31. The van der Waals surface area contributed by atoms with Gasteiger partial charge in [-0.1, -0.05) is 47.2 Å². The Kier molecular flexibility index (Phi) is 10.2. The molecule has 5 rings (SSSR count). The van der Waals surface area contributed by atoms with Gasteiger partial charge in [0.05, 0.1) is 52.3 Å². The molecule has 0 aliphatic carbocycles. The van der Waals surface area contributed by atoms with Crippen LogP contribution in [0.1, 0.15) is 60.8 Å². The number of halogens is 1. The SMILES string of the molecule is CCOc1ccc([C@H]2C(C(=O)OC(C)C)=C(C)N=c3s/c(=C/c4cc(Cl)c(OCc5cccc(C(=O)O)c5)c(OC)c4)c(=O)n32)cc1. The van der Waals surface area contributed by atoms with E-state index in [1.807, 2.05) is 19.1 Å². The first-order chi connectivity index (χ1) is 22.5. The predicted octanol–water partition coefficient (Wildman–Crippen LogP) is 5.52. The number of benzene rings is 3. The highest BCUT2D eigenvalue weighted by atomic mass is 35.5. The normalized spacial score (nSPS) is 14.4. The Labute approximate surface area is 279 Å². The Morgan fingerprint density at radius 3 is 2.51 bits per heavy atom. The van der Waals surface area contributed by atoms with Gasteiger partial charge in [-0.2, -0.15) is 0 Å². The van der Waals surface area contributed by atoms with Crippen LogP contribution in [0.15, 0.2) is 81.7 Å².